The molecule has 0 bridgehead atoms. The standard InChI is InChI=1S/C12H14F2N2O2/c1-16(9-6-15-7-9)11(17)8-3-2-4-10(5-8)18-12(13)14/h2-5,9,12,15H,6-7H2,1H3. The monoisotopic (exact) mass is 256 g/mol. The van der Waals surface area contributed by atoms with Crippen molar-refractivity contribution in [3.63, 3.8) is 0 Å². The summed E-state index contributed by atoms with van der Waals surface area (Å²) in [4.78, 5) is 13.7. The normalized spacial score (nSPS) is 15.3. The van der Waals surface area contributed by atoms with Crippen LogP contribution in [0.4, 0.5) is 8.78 Å². The number of carbonyl (C=O) groups is 1. The number of nitrogens with one attached hydrogen (secondary N) is 1. The molecule has 0 aliphatic carbocycles. The van der Waals surface area contributed by atoms with E-state index >= 15 is 0 Å². The molecule has 1 N–H and O–H groups in total. The lowest BCUT2D eigenvalue weighted by Gasteiger charge is -2.35. The molecule has 1 heterocycles. The second-order valence-corrected chi connectivity index (χ2v) is 4.13. The Hall–Kier alpha value is -1.69. The first-order valence-electron chi connectivity index (χ1n) is 5.60. The Balaban J connectivity index is 2.09. The lowest BCUT2D eigenvalue weighted by Crippen LogP contribution is -2.57. The Bertz CT molecular complexity index is 436. The SMILES string of the molecule is CN(C(=O)c1cccc(OC(F)F)c1)C1CNC1. The molecule has 4 nitrogen and oxygen atoms in total. The molecule has 1 aliphatic heterocycles. The number of halogens is 2. The van der Waals surface area contributed by atoms with Crippen LogP contribution in [0.2, 0.25) is 0 Å². The topological polar surface area (TPSA) is 41.6 Å². The lowest BCUT2D eigenvalue weighted by molar-refractivity contribution is -0.0499. The Labute approximate surface area is 104 Å². The third-order valence-corrected chi connectivity index (χ3v) is 2.93. The van der Waals surface area contributed by atoms with Crippen molar-refractivity contribution in [2.45, 2.75) is 12.7 Å². The van der Waals surface area contributed by atoms with Gasteiger partial charge in [-0.25, -0.2) is 0 Å². The van der Waals surface area contributed by atoms with E-state index in [-0.39, 0.29) is 17.7 Å². The van der Waals surface area contributed by atoms with Crippen LogP contribution in [-0.4, -0.2) is 43.6 Å². The zero-order valence-corrected chi connectivity index (χ0v) is 9.90. The third-order valence-electron chi connectivity index (χ3n) is 2.93. The van der Waals surface area contributed by atoms with Gasteiger partial charge in [0.15, 0.2) is 0 Å². The van der Waals surface area contributed by atoms with E-state index in [0.717, 1.165) is 13.1 Å². The first-order chi connectivity index (χ1) is 8.58. The number of nitrogens with zero attached hydrogens (tertiary/aromatic N) is 1. The minimum Gasteiger partial charge on any atom is -0.435 e. The molecule has 18 heavy (non-hydrogen) atoms. The molecule has 0 unspecified atom stereocenters. The zero-order chi connectivity index (χ0) is 13.1. The van der Waals surface area contributed by atoms with Crippen molar-refractivity contribution >= 4 is 5.91 Å². The van der Waals surface area contributed by atoms with Gasteiger partial charge in [-0.2, -0.15) is 8.78 Å². The summed E-state index contributed by atoms with van der Waals surface area (Å²) in [6.45, 7) is -1.37. The minimum absolute atomic E-state index is 0.00372. The van der Waals surface area contributed by atoms with Crippen molar-refractivity contribution in [1.29, 1.82) is 0 Å². The number of ether oxygens (including phenoxy) is 1. The number of alkyl halides is 2. The fourth-order valence-corrected chi connectivity index (χ4v) is 1.72. The van der Waals surface area contributed by atoms with Gasteiger partial charge in [0.1, 0.15) is 5.75 Å². The van der Waals surface area contributed by atoms with E-state index in [1.165, 1.54) is 18.2 Å². The van der Waals surface area contributed by atoms with Crippen LogP contribution >= 0.6 is 0 Å². The highest BCUT2D eigenvalue weighted by atomic mass is 19.3. The lowest BCUT2D eigenvalue weighted by atomic mass is 10.1. The van der Waals surface area contributed by atoms with Crippen LogP contribution in [0, 0.1) is 0 Å². The molecular weight excluding hydrogens is 242 g/mol. The maximum Gasteiger partial charge on any atom is 0.387 e. The van der Waals surface area contributed by atoms with Crippen LogP contribution in [0.3, 0.4) is 0 Å². The molecule has 0 atom stereocenters. The van der Waals surface area contributed by atoms with Crippen molar-refractivity contribution < 1.29 is 18.3 Å². The van der Waals surface area contributed by atoms with E-state index in [2.05, 4.69) is 10.1 Å². The molecule has 1 aliphatic rings. The number of rotatable bonds is 4. The number of hydrogen-bond donors (Lipinski definition) is 1. The Kier molecular flexibility index (Phi) is 3.76. The molecule has 0 radical (unpaired) electrons. The van der Waals surface area contributed by atoms with Crippen LogP contribution in [-0.2, 0) is 0 Å². The molecule has 0 saturated carbocycles. The van der Waals surface area contributed by atoms with Gasteiger partial charge in [-0.05, 0) is 18.2 Å². The second kappa shape index (κ2) is 5.30. The van der Waals surface area contributed by atoms with Crippen LogP contribution < -0.4 is 10.1 Å². The highest BCUT2D eigenvalue weighted by molar-refractivity contribution is 5.94. The van der Waals surface area contributed by atoms with Gasteiger partial charge in [0.05, 0.1) is 6.04 Å². The maximum atomic E-state index is 12.1. The van der Waals surface area contributed by atoms with Gasteiger partial charge >= 0.3 is 6.61 Å². The molecule has 1 saturated heterocycles. The summed E-state index contributed by atoms with van der Waals surface area (Å²) in [6, 6.07) is 6.00. The fraction of sp³-hybridized carbons (Fsp3) is 0.417. The van der Waals surface area contributed by atoms with Crippen molar-refractivity contribution in [1.82, 2.24) is 10.2 Å². The summed E-state index contributed by atoms with van der Waals surface area (Å²) in [5.41, 5.74) is 0.350. The Morgan fingerprint density at radius 1 is 1.50 bits per heavy atom. The van der Waals surface area contributed by atoms with Gasteiger partial charge in [-0.1, -0.05) is 6.07 Å². The van der Waals surface area contributed by atoms with E-state index in [1.807, 2.05) is 0 Å². The predicted octanol–water partition coefficient (Wildman–Crippen LogP) is 1.33. The number of amides is 1. The average molecular weight is 256 g/mol. The van der Waals surface area contributed by atoms with E-state index in [1.54, 1.807) is 18.0 Å². The van der Waals surface area contributed by atoms with E-state index in [0.29, 0.717) is 5.56 Å². The molecule has 6 heteroatoms. The van der Waals surface area contributed by atoms with Crippen LogP contribution in [0.5, 0.6) is 5.75 Å². The molecule has 1 aromatic rings. The molecular formula is C12H14F2N2O2. The van der Waals surface area contributed by atoms with Gasteiger partial charge in [0, 0.05) is 25.7 Å². The van der Waals surface area contributed by atoms with Gasteiger partial charge in [-0.3, -0.25) is 4.79 Å². The van der Waals surface area contributed by atoms with Crippen LogP contribution in [0.1, 0.15) is 10.4 Å². The van der Waals surface area contributed by atoms with Gasteiger partial charge in [0.25, 0.3) is 5.91 Å². The highest BCUT2D eigenvalue weighted by Crippen LogP contribution is 2.18. The quantitative estimate of drug-likeness (QED) is 0.883. The summed E-state index contributed by atoms with van der Waals surface area (Å²) in [7, 11) is 1.70. The molecule has 0 aromatic heterocycles. The first-order valence-corrected chi connectivity index (χ1v) is 5.60. The molecule has 1 fully saturated rings. The number of carbonyl (C=O) groups excluding carboxylic acids is 1. The van der Waals surface area contributed by atoms with Gasteiger partial charge in [0.2, 0.25) is 0 Å². The molecule has 2 rings (SSSR count). The van der Waals surface area contributed by atoms with Gasteiger partial charge < -0.3 is 15.0 Å². The van der Waals surface area contributed by atoms with Crippen molar-refractivity contribution in [3.8, 4) is 5.75 Å². The van der Waals surface area contributed by atoms with Gasteiger partial charge in [-0.15, -0.1) is 0 Å². The summed E-state index contributed by atoms with van der Waals surface area (Å²) >= 11 is 0. The molecule has 1 amide bonds. The van der Waals surface area contributed by atoms with E-state index < -0.39 is 6.61 Å². The molecule has 0 spiro atoms. The number of likely N-dealkylation sites (N-methyl/N-ethyl adjacent to an activating group) is 1. The number of benzene rings is 1. The smallest absolute Gasteiger partial charge is 0.387 e. The Morgan fingerprint density at radius 2 is 2.22 bits per heavy atom. The Morgan fingerprint density at radius 3 is 2.78 bits per heavy atom. The second-order valence-electron chi connectivity index (χ2n) is 4.13. The van der Waals surface area contributed by atoms with Crippen molar-refractivity contribution in [2.24, 2.45) is 0 Å². The maximum absolute atomic E-state index is 12.1. The van der Waals surface area contributed by atoms with Crippen molar-refractivity contribution in [3.05, 3.63) is 29.8 Å². The third kappa shape index (κ3) is 2.76. The van der Waals surface area contributed by atoms with Crippen molar-refractivity contribution in [2.75, 3.05) is 20.1 Å². The van der Waals surface area contributed by atoms with E-state index in [4.69, 9.17) is 0 Å². The summed E-state index contributed by atoms with van der Waals surface area (Å²) in [6.07, 6.45) is 0. The summed E-state index contributed by atoms with van der Waals surface area (Å²) in [5, 5.41) is 3.07. The largest absolute Gasteiger partial charge is 0.435 e. The summed E-state index contributed by atoms with van der Waals surface area (Å²) < 4.78 is 28.4. The average Bonchev–Trinajstić information content (AvgIpc) is 2.25. The van der Waals surface area contributed by atoms with Crippen LogP contribution in [0.25, 0.3) is 0 Å². The predicted molar refractivity (Wildman–Crippen MR) is 61.8 cm³/mol. The first kappa shape index (κ1) is 12.8. The summed E-state index contributed by atoms with van der Waals surface area (Å²) in [5.74, 6) is -0.197. The highest BCUT2D eigenvalue weighted by Gasteiger charge is 2.26. The zero-order valence-electron chi connectivity index (χ0n) is 9.90. The fourth-order valence-electron chi connectivity index (χ4n) is 1.72. The van der Waals surface area contributed by atoms with Crippen LogP contribution in [0.15, 0.2) is 24.3 Å². The van der Waals surface area contributed by atoms with E-state index in [9.17, 15) is 13.6 Å². The molecule has 98 valence electrons. The number of hydrogen-bond acceptors (Lipinski definition) is 3. The minimum atomic E-state index is -2.89. The molecule has 1 aromatic carbocycles.